The molecule has 112 valence electrons. The Hall–Kier alpha value is -1.37. The monoisotopic (exact) mass is 397 g/mol. The van der Waals surface area contributed by atoms with Crippen LogP contribution in [0.25, 0.3) is 11.4 Å². The highest BCUT2D eigenvalue weighted by atomic mass is 127. The van der Waals surface area contributed by atoms with Gasteiger partial charge in [-0.2, -0.15) is 0 Å². The number of nitrogens with zero attached hydrogens (tertiary/aromatic N) is 2. The molecule has 4 nitrogen and oxygen atoms in total. The summed E-state index contributed by atoms with van der Waals surface area (Å²) in [7, 11) is 3.57. The van der Waals surface area contributed by atoms with Gasteiger partial charge in [-0.15, -0.1) is 0 Å². The lowest BCUT2D eigenvalue weighted by molar-refractivity contribution is 0.412. The van der Waals surface area contributed by atoms with E-state index in [9.17, 15) is 0 Å². The van der Waals surface area contributed by atoms with Crippen LogP contribution in [0, 0.1) is 10.5 Å². The maximum atomic E-state index is 5.31. The van der Waals surface area contributed by atoms with E-state index in [2.05, 4.69) is 45.9 Å². The summed E-state index contributed by atoms with van der Waals surface area (Å²) < 4.78 is 6.41. The summed E-state index contributed by atoms with van der Waals surface area (Å²) in [5.41, 5.74) is 3.19. The van der Waals surface area contributed by atoms with Crippen molar-refractivity contribution in [1.82, 2.24) is 9.97 Å². The van der Waals surface area contributed by atoms with E-state index in [0.717, 1.165) is 50.6 Å². The van der Waals surface area contributed by atoms with Gasteiger partial charge in [0.1, 0.15) is 11.6 Å². The number of aryl methyl sites for hydroxylation is 2. The number of benzene rings is 1. The lowest BCUT2D eigenvalue weighted by Crippen LogP contribution is -2.05. The van der Waals surface area contributed by atoms with Gasteiger partial charge < -0.3 is 10.1 Å². The third-order valence-corrected chi connectivity index (χ3v) is 4.43. The molecule has 0 aliphatic heterocycles. The third kappa shape index (κ3) is 3.45. The molecule has 0 aliphatic rings. The number of hydrogen-bond donors (Lipinski definition) is 1. The number of halogens is 1. The molecular weight excluding hydrogens is 377 g/mol. The predicted octanol–water partition coefficient (Wildman–Crippen LogP) is 4.06. The first-order valence-corrected chi connectivity index (χ1v) is 8.07. The molecule has 0 unspecified atom stereocenters. The van der Waals surface area contributed by atoms with Crippen molar-refractivity contribution in [2.24, 2.45) is 0 Å². The Labute approximate surface area is 139 Å². The summed E-state index contributed by atoms with van der Waals surface area (Å²) in [6, 6.07) is 6.03. The number of hydrogen-bond acceptors (Lipinski definition) is 4. The van der Waals surface area contributed by atoms with Crippen molar-refractivity contribution in [2.75, 3.05) is 19.5 Å². The van der Waals surface area contributed by atoms with Crippen molar-refractivity contribution in [2.45, 2.75) is 26.7 Å². The Morgan fingerprint density at radius 3 is 2.62 bits per heavy atom. The van der Waals surface area contributed by atoms with Gasteiger partial charge in [0.15, 0.2) is 5.82 Å². The van der Waals surface area contributed by atoms with E-state index in [1.807, 2.05) is 26.1 Å². The SMILES string of the molecule is CCCc1nc(-c2ccc(OC)c(C)c2)nc(NC)c1I. The van der Waals surface area contributed by atoms with Gasteiger partial charge in [-0.3, -0.25) is 0 Å². The van der Waals surface area contributed by atoms with Crippen molar-refractivity contribution in [3.8, 4) is 17.1 Å². The Bertz CT molecular complexity index is 644. The Balaban J connectivity index is 2.52. The molecular formula is C16H20IN3O. The standard InChI is InChI=1S/C16H20IN3O/c1-5-6-12-14(17)16(18-3)20-15(19-12)11-7-8-13(21-4)10(2)9-11/h7-9H,5-6H2,1-4H3,(H,18,19,20). The summed E-state index contributed by atoms with van der Waals surface area (Å²) in [5.74, 6) is 2.53. The van der Waals surface area contributed by atoms with Crippen LogP contribution in [0.2, 0.25) is 0 Å². The summed E-state index contributed by atoms with van der Waals surface area (Å²) in [6.45, 7) is 4.19. The Morgan fingerprint density at radius 1 is 1.29 bits per heavy atom. The number of ether oxygens (including phenoxy) is 1. The second-order valence-electron chi connectivity index (χ2n) is 4.84. The van der Waals surface area contributed by atoms with E-state index >= 15 is 0 Å². The van der Waals surface area contributed by atoms with Gasteiger partial charge in [0.05, 0.1) is 16.4 Å². The average Bonchev–Trinajstić information content (AvgIpc) is 2.49. The van der Waals surface area contributed by atoms with Crippen molar-refractivity contribution in [3.63, 3.8) is 0 Å². The highest BCUT2D eigenvalue weighted by molar-refractivity contribution is 14.1. The van der Waals surface area contributed by atoms with Gasteiger partial charge in [0.25, 0.3) is 0 Å². The zero-order valence-corrected chi connectivity index (χ0v) is 15.0. The van der Waals surface area contributed by atoms with Crippen molar-refractivity contribution < 1.29 is 4.74 Å². The van der Waals surface area contributed by atoms with E-state index in [1.165, 1.54) is 0 Å². The zero-order chi connectivity index (χ0) is 15.4. The molecule has 2 rings (SSSR count). The second-order valence-corrected chi connectivity index (χ2v) is 5.92. The van der Waals surface area contributed by atoms with Crippen LogP contribution in [-0.4, -0.2) is 24.1 Å². The summed E-state index contributed by atoms with van der Waals surface area (Å²) in [6.07, 6.45) is 2.02. The van der Waals surface area contributed by atoms with Crippen LogP contribution in [-0.2, 0) is 6.42 Å². The first-order valence-electron chi connectivity index (χ1n) is 6.99. The largest absolute Gasteiger partial charge is 0.496 e. The highest BCUT2D eigenvalue weighted by Gasteiger charge is 2.13. The minimum absolute atomic E-state index is 0.758. The van der Waals surface area contributed by atoms with Crippen molar-refractivity contribution in [3.05, 3.63) is 33.0 Å². The normalized spacial score (nSPS) is 10.5. The molecule has 2 aromatic rings. The quantitative estimate of drug-likeness (QED) is 0.774. The van der Waals surface area contributed by atoms with E-state index in [-0.39, 0.29) is 0 Å². The van der Waals surface area contributed by atoms with Gasteiger partial charge in [0.2, 0.25) is 0 Å². The van der Waals surface area contributed by atoms with Gasteiger partial charge in [-0.25, -0.2) is 9.97 Å². The number of rotatable bonds is 5. The van der Waals surface area contributed by atoms with Crippen LogP contribution in [0.1, 0.15) is 24.6 Å². The average molecular weight is 397 g/mol. The van der Waals surface area contributed by atoms with E-state index < -0.39 is 0 Å². The molecule has 1 heterocycles. The highest BCUT2D eigenvalue weighted by Crippen LogP contribution is 2.27. The van der Waals surface area contributed by atoms with Crippen LogP contribution in [0.5, 0.6) is 5.75 Å². The van der Waals surface area contributed by atoms with Crippen molar-refractivity contribution >= 4 is 28.4 Å². The smallest absolute Gasteiger partial charge is 0.161 e. The van der Waals surface area contributed by atoms with E-state index in [4.69, 9.17) is 9.72 Å². The molecule has 21 heavy (non-hydrogen) atoms. The van der Waals surface area contributed by atoms with Crippen molar-refractivity contribution in [1.29, 1.82) is 0 Å². The summed E-state index contributed by atoms with van der Waals surface area (Å²) in [4.78, 5) is 9.37. The fraction of sp³-hybridized carbons (Fsp3) is 0.375. The van der Waals surface area contributed by atoms with E-state index in [0.29, 0.717) is 0 Å². The molecule has 0 saturated carbocycles. The fourth-order valence-corrected chi connectivity index (χ4v) is 2.99. The third-order valence-electron chi connectivity index (χ3n) is 3.30. The predicted molar refractivity (Wildman–Crippen MR) is 95.0 cm³/mol. The summed E-state index contributed by atoms with van der Waals surface area (Å²) >= 11 is 2.31. The van der Waals surface area contributed by atoms with Crippen LogP contribution >= 0.6 is 22.6 Å². The molecule has 0 bridgehead atoms. The molecule has 0 amide bonds. The minimum Gasteiger partial charge on any atom is -0.496 e. The molecule has 0 aliphatic carbocycles. The van der Waals surface area contributed by atoms with Gasteiger partial charge in [0, 0.05) is 12.6 Å². The fourth-order valence-electron chi connectivity index (χ4n) is 2.21. The molecule has 1 aromatic heterocycles. The number of anilines is 1. The van der Waals surface area contributed by atoms with Gasteiger partial charge in [-0.05, 0) is 59.7 Å². The van der Waals surface area contributed by atoms with E-state index in [1.54, 1.807) is 7.11 Å². The number of methoxy groups -OCH3 is 1. The van der Waals surface area contributed by atoms with Crippen LogP contribution in [0.3, 0.4) is 0 Å². The van der Waals surface area contributed by atoms with Crippen LogP contribution in [0.4, 0.5) is 5.82 Å². The van der Waals surface area contributed by atoms with Gasteiger partial charge in [-0.1, -0.05) is 13.3 Å². The van der Waals surface area contributed by atoms with Crippen LogP contribution < -0.4 is 10.1 Å². The number of aromatic nitrogens is 2. The molecule has 0 atom stereocenters. The first kappa shape index (κ1) is 16.0. The zero-order valence-electron chi connectivity index (χ0n) is 12.8. The lowest BCUT2D eigenvalue weighted by Gasteiger charge is -2.12. The topological polar surface area (TPSA) is 47.0 Å². The second kappa shape index (κ2) is 7.06. The molecule has 1 N–H and O–H groups in total. The maximum absolute atomic E-state index is 5.31. The molecule has 0 fully saturated rings. The number of nitrogens with one attached hydrogen (secondary N) is 1. The molecule has 0 radical (unpaired) electrons. The molecule has 1 aromatic carbocycles. The summed E-state index contributed by atoms with van der Waals surface area (Å²) in [5, 5.41) is 3.16. The molecule has 5 heteroatoms. The van der Waals surface area contributed by atoms with Crippen LogP contribution in [0.15, 0.2) is 18.2 Å². The Kier molecular flexibility index (Phi) is 5.39. The maximum Gasteiger partial charge on any atom is 0.161 e. The van der Waals surface area contributed by atoms with Gasteiger partial charge >= 0.3 is 0 Å². The molecule has 0 saturated heterocycles. The Morgan fingerprint density at radius 2 is 2.05 bits per heavy atom. The molecule has 0 spiro atoms. The first-order chi connectivity index (χ1) is 10.1. The lowest BCUT2D eigenvalue weighted by atomic mass is 10.1. The minimum atomic E-state index is 0.758.